The SMILES string of the molecule is CCC(C)NC(=O)CN1CCN(C(=O)Nc2c(F)cccc2Oc2ccccc2)CC1. The van der Waals surface area contributed by atoms with Crippen LogP contribution in [0.1, 0.15) is 20.3 Å². The molecule has 1 atom stereocenters. The molecule has 166 valence electrons. The monoisotopic (exact) mass is 428 g/mol. The highest BCUT2D eigenvalue weighted by Crippen LogP contribution is 2.32. The van der Waals surface area contributed by atoms with Crippen molar-refractivity contribution in [3.63, 3.8) is 0 Å². The number of ether oxygens (including phenoxy) is 1. The Morgan fingerprint density at radius 3 is 2.45 bits per heavy atom. The van der Waals surface area contributed by atoms with Crippen LogP contribution in [-0.4, -0.2) is 60.5 Å². The number of para-hydroxylation sites is 2. The molecule has 1 aliphatic heterocycles. The van der Waals surface area contributed by atoms with Gasteiger partial charge in [0.05, 0.1) is 6.54 Å². The van der Waals surface area contributed by atoms with Gasteiger partial charge < -0.3 is 20.3 Å². The molecule has 0 aliphatic carbocycles. The van der Waals surface area contributed by atoms with E-state index in [1.807, 2.05) is 36.9 Å². The number of benzene rings is 2. The van der Waals surface area contributed by atoms with Crippen molar-refractivity contribution in [3.8, 4) is 11.5 Å². The molecule has 2 aromatic rings. The normalized spacial score (nSPS) is 15.3. The Bertz CT molecular complexity index is 886. The Morgan fingerprint density at radius 2 is 1.77 bits per heavy atom. The molecule has 1 unspecified atom stereocenters. The first-order valence-corrected chi connectivity index (χ1v) is 10.5. The number of urea groups is 1. The summed E-state index contributed by atoms with van der Waals surface area (Å²) in [6.45, 7) is 6.35. The number of amides is 3. The average molecular weight is 429 g/mol. The minimum Gasteiger partial charge on any atom is -0.455 e. The first-order valence-electron chi connectivity index (χ1n) is 10.5. The Labute approximate surface area is 182 Å². The lowest BCUT2D eigenvalue weighted by atomic mass is 10.2. The van der Waals surface area contributed by atoms with E-state index < -0.39 is 11.8 Å². The van der Waals surface area contributed by atoms with Crippen molar-refractivity contribution in [1.82, 2.24) is 15.1 Å². The van der Waals surface area contributed by atoms with Gasteiger partial charge in [-0.05, 0) is 37.6 Å². The Kier molecular flexibility index (Phi) is 7.83. The fourth-order valence-electron chi connectivity index (χ4n) is 3.25. The van der Waals surface area contributed by atoms with E-state index in [-0.39, 0.29) is 23.4 Å². The van der Waals surface area contributed by atoms with Gasteiger partial charge in [-0.3, -0.25) is 9.69 Å². The van der Waals surface area contributed by atoms with Crippen molar-refractivity contribution in [2.24, 2.45) is 0 Å². The molecule has 0 aromatic heterocycles. The molecule has 2 aromatic carbocycles. The van der Waals surface area contributed by atoms with Crippen LogP contribution in [0.5, 0.6) is 11.5 Å². The number of anilines is 1. The summed E-state index contributed by atoms with van der Waals surface area (Å²) in [5.41, 5.74) is 0.00622. The van der Waals surface area contributed by atoms with Crippen LogP contribution in [0.25, 0.3) is 0 Å². The van der Waals surface area contributed by atoms with E-state index in [1.165, 1.54) is 12.1 Å². The van der Waals surface area contributed by atoms with E-state index >= 15 is 0 Å². The van der Waals surface area contributed by atoms with E-state index in [1.54, 1.807) is 23.1 Å². The summed E-state index contributed by atoms with van der Waals surface area (Å²) in [5, 5.41) is 5.59. The number of carbonyl (C=O) groups is 2. The van der Waals surface area contributed by atoms with Gasteiger partial charge in [0.2, 0.25) is 5.91 Å². The topological polar surface area (TPSA) is 73.9 Å². The lowest BCUT2D eigenvalue weighted by Crippen LogP contribution is -2.52. The molecule has 7 nitrogen and oxygen atoms in total. The predicted molar refractivity (Wildman–Crippen MR) is 118 cm³/mol. The quantitative estimate of drug-likeness (QED) is 0.706. The van der Waals surface area contributed by atoms with Gasteiger partial charge in [-0.25, -0.2) is 9.18 Å². The molecule has 31 heavy (non-hydrogen) atoms. The lowest BCUT2D eigenvalue weighted by Gasteiger charge is -2.34. The predicted octanol–water partition coefficient (Wildman–Crippen LogP) is 3.68. The highest BCUT2D eigenvalue weighted by Gasteiger charge is 2.24. The number of nitrogens with one attached hydrogen (secondary N) is 2. The molecular weight excluding hydrogens is 399 g/mol. The van der Waals surface area contributed by atoms with E-state index in [4.69, 9.17) is 4.74 Å². The molecule has 0 radical (unpaired) electrons. The molecule has 3 amide bonds. The second-order valence-electron chi connectivity index (χ2n) is 7.60. The first-order chi connectivity index (χ1) is 15.0. The lowest BCUT2D eigenvalue weighted by molar-refractivity contribution is -0.123. The number of hydrogen-bond acceptors (Lipinski definition) is 4. The minimum atomic E-state index is -0.567. The maximum Gasteiger partial charge on any atom is 0.322 e. The second kappa shape index (κ2) is 10.8. The second-order valence-corrected chi connectivity index (χ2v) is 7.60. The first kappa shape index (κ1) is 22.6. The van der Waals surface area contributed by atoms with Gasteiger partial charge in [-0.1, -0.05) is 31.2 Å². The largest absolute Gasteiger partial charge is 0.455 e. The van der Waals surface area contributed by atoms with Gasteiger partial charge in [-0.2, -0.15) is 0 Å². The van der Waals surface area contributed by atoms with Gasteiger partial charge in [0, 0.05) is 32.2 Å². The molecule has 1 heterocycles. The zero-order chi connectivity index (χ0) is 22.2. The van der Waals surface area contributed by atoms with Crippen molar-refractivity contribution < 1.29 is 18.7 Å². The summed E-state index contributed by atoms with van der Waals surface area (Å²) in [4.78, 5) is 28.4. The summed E-state index contributed by atoms with van der Waals surface area (Å²) in [5.74, 6) is 0.205. The van der Waals surface area contributed by atoms with E-state index in [0.717, 1.165) is 6.42 Å². The number of piperazine rings is 1. The fourth-order valence-corrected chi connectivity index (χ4v) is 3.25. The van der Waals surface area contributed by atoms with Crippen molar-refractivity contribution in [3.05, 3.63) is 54.3 Å². The summed E-state index contributed by atoms with van der Waals surface area (Å²) < 4.78 is 20.2. The molecule has 1 aliphatic rings. The van der Waals surface area contributed by atoms with Crippen LogP contribution in [-0.2, 0) is 4.79 Å². The van der Waals surface area contributed by atoms with Crippen molar-refractivity contribution in [2.45, 2.75) is 26.3 Å². The Hall–Kier alpha value is -3.13. The van der Waals surface area contributed by atoms with Gasteiger partial charge >= 0.3 is 6.03 Å². The van der Waals surface area contributed by atoms with E-state index in [2.05, 4.69) is 10.6 Å². The third-order valence-electron chi connectivity index (χ3n) is 5.22. The maximum atomic E-state index is 14.5. The Morgan fingerprint density at radius 1 is 1.06 bits per heavy atom. The van der Waals surface area contributed by atoms with Crippen LogP contribution >= 0.6 is 0 Å². The van der Waals surface area contributed by atoms with Gasteiger partial charge in [0.15, 0.2) is 11.6 Å². The molecule has 0 saturated carbocycles. The zero-order valence-corrected chi connectivity index (χ0v) is 17.9. The standard InChI is InChI=1S/C23H29FN4O3/c1-3-17(2)25-21(29)16-27-12-14-28(15-13-27)23(30)26-22-19(24)10-7-11-20(22)31-18-8-5-4-6-9-18/h4-11,17H,3,12-16H2,1-2H3,(H,25,29)(H,26,30). The average Bonchev–Trinajstić information content (AvgIpc) is 2.77. The molecule has 3 rings (SSSR count). The highest BCUT2D eigenvalue weighted by molar-refractivity contribution is 5.91. The number of carbonyl (C=O) groups excluding carboxylic acids is 2. The summed E-state index contributed by atoms with van der Waals surface area (Å²) in [6.07, 6.45) is 0.881. The molecule has 1 fully saturated rings. The third-order valence-corrected chi connectivity index (χ3v) is 5.22. The summed E-state index contributed by atoms with van der Waals surface area (Å²) in [7, 11) is 0. The number of hydrogen-bond donors (Lipinski definition) is 2. The van der Waals surface area contributed by atoms with E-state index in [0.29, 0.717) is 38.5 Å². The number of halogens is 1. The summed E-state index contributed by atoms with van der Waals surface area (Å²) in [6, 6.07) is 13.2. The van der Waals surface area contributed by atoms with Gasteiger partial charge in [0.1, 0.15) is 11.4 Å². The van der Waals surface area contributed by atoms with Gasteiger partial charge in [-0.15, -0.1) is 0 Å². The molecular formula is C23H29FN4O3. The van der Waals surface area contributed by atoms with Crippen molar-refractivity contribution in [2.75, 3.05) is 38.0 Å². The smallest absolute Gasteiger partial charge is 0.322 e. The Balaban J connectivity index is 1.56. The van der Waals surface area contributed by atoms with Crippen LogP contribution in [0.4, 0.5) is 14.9 Å². The minimum absolute atomic E-state index is 0.00622. The van der Waals surface area contributed by atoms with Crippen LogP contribution in [0.3, 0.4) is 0 Å². The molecule has 0 spiro atoms. The van der Waals surface area contributed by atoms with E-state index in [9.17, 15) is 14.0 Å². The van der Waals surface area contributed by atoms with Crippen LogP contribution < -0.4 is 15.4 Å². The number of nitrogens with zero attached hydrogens (tertiary/aromatic N) is 2. The van der Waals surface area contributed by atoms with Crippen molar-refractivity contribution in [1.29, 1.82) is 0 Å². The fraction of sp³-hybridized carbons (Fsp3) is 0.391. The number of rotatable bonds is 7. The third kappa shape index (κ3) is 6.42. The maximum absolute atomic E-state index is 14.5. The highest BCUT2D eigenvalue weighted by atomic mass is 19.1. The van der Waals surface area contributed by atoms with Crippen LogP contribution in [0.2, 0.25) is 0 Å². The molecule has 1 saturated heterocycles. The van der Waals surface area contributed by atoms with Crippen LogP contribution in [0.15, 0.2) is 48.5 Å². The molecule has 8 heteroatoms. The summed E-state index contributed by atoms with van der Waals surface area (Å²) >= 11 is 0. The van der Waals surface area contributed by atoms with Crippen LogP contribution in [0, 0.1) is 5.82 Å². The molecule has 2 N–H and O–H groups in total. The van der Waals surface area contributed by atoms with Gasteiger partial charge in [0.25, 0.3) is 0 Å². The van der Waals surface area contributed by atoms with Crippen molar-refractivity contribution >= 4 is 17.6 Å². The molecule has 0 bridgehead atoms. The zero-order valence-electron chi connectivity index (χ0n) is 17.9.